The van der Waals surface area contributed by atoms with Gasteiger partial charge in [-0.2, -0.15) is 0 Å². The molecule has 0 radical (unpaired) electrons. The Morgan fingerprint density at radius 2 is 1.96 bits per heavy atom. The quantitative estimate of drug-likeness (QED) is 0.482. The van der Waals surface area contributed by atoms with Crippen molar-refractivity contribution < 1.29 is 14.5 Å². The fourth-order valence-electron chi connectivity index (χ4n) is 2.69. The van der Waals surface area contributed by atoms with Crippen molar-refractivity contribution in [3.8, 4) is 0 Å². The molecule has 3 rings (SSSR count). The minimum absolute atomic E-state index is 0.144. The molecule has 0 spiro atoms. The third-order valence-electron chi connectivity index (χ3n) is 3.76. The molecule has 0 aromatic heterocycles. The number of hydrogen-bond acceptors (Lipinski definition) is 5. The second kappa shape index (κ2) is 5.98. The number of non-ortho nitro benzene ring substituents is 1. The fourth-order valence-corrected chi connectivity index (χ4v) is 2.88. The summed E-state index contributed by atoms with van der Waals surface area (Å²) in [4.78, 5) is 39.2. The molecule has 2 aromatic rings. The van der Waals surface area contributed by atoms with Crippen LogP contribution in [0.5, 0.6) is 0 Å². The van der Waals surface area contributed by atoms with Crippen LogP contribution in [0.1, 0.15) is 22.8 Å². The minimum Gasteiger partial charge on any atom is -0.299 e. The summed E-state index contributed by atoms with van der Waals surface area (Å²) in [5.41, 5.74) is 1.17. The van der Waals surface area contributed by atoms with Gasteiger partial charge in [-0.25, -0.2) is 0 Å². The molecule has 0 saturated carbocycles. The van der Waals surface area contributed by atoms with E-state index in [0.717, 1.165) is 0 Å². The van der Waals surface area contributed by atoms with E-state index in [2.05, 4.69) is 4.99 Å². The molecule has 0 unspecified atom stereocenters. The highest BCUT2D eigenvalue weighted by Gasteiger charge is 2.40. The zero-order chi connectivity index (χ0) is 17.4. The normalized spacial score (nSPS) is 17.8. The van der Waals surface area contributed by atoms with Gasteiger partial charge in [0.15, 0.2) is 5.78 Å². The Bertz CT molecular complexity index is 921. The van der Waals surface area contributed by atoms with Crippen LogP contribution in [0.15, 0.2) is 47.5 Å². The van der Waals surface area contributed by atoms with Gasteiger partial charge in [0.2, 0.25) is 0 Å². The number of benzene rings is 2. The molecule has 0 aliphatic heterocycles. The summed E-state index contributed by atoms with van der Waals surface area (Å²) in [6.07, 6.45) is 0. The molecule has 0 N–H and O–H groups in total. The van der Waals surface area contributed by atoms with Gasteiger partial charge in [-0.1, -0.05) is 17.7 Å². The highest BCUT2D eigenvalue weighted by atomic mass is 35.5. The van der Waals surface area contributed by atoms with Gasteiger partial charge in [0.05, 0.1) is 16.3 Å². The minimum atomic E-state index is -1.05. The van der Waals surface area contributed by atoms with Crippen LogP contribution in [0.2, 0.25) is 5.02 Å². The number of carbonyl (C=O) groups is 2. The number of nitro benzene ring substituents is 1. The summed E-state index contributed by atoms with van der Waals surface area (Å²) in [5.74, 6) is -1.89. The number of aliphatic imine (C=N–C) groups is 1. The number of ketones is 2. The summed E-state index contributed by atoms with van der Waals surface area (Å²) in [6, 6.07) is 10.6. The molecule has 1 aliphatic carbocycles. The van der Waals surface area contributed by atoms with Gasteiger partial charge in [0.25, 0.3) is 5.69 Å². The predicted molar refractivity (Wildman–Crippen MR) is 89.2 cm³/mol. The van der Waals surface area contributed by atoms with Crippen molar-refractivity contribution in [1.29, 1.82) is 0 Å². The fraction of sp³-hybridized carbons (Fsp3) is 0.118. The average molecular weight is 343 g/mol. The Labute approximate surface area is 141 Å². The molecule has 6 nitrogen and oxygen atoms in total. The van der Waals surface area contributed by atoms with E-state index in [1.807, 2.05) is 0 Å². The van der Waals surface area contributed by atoms with Gasteiger partial charge >= 0.3 is 0 Å². The number of nitrogens with zero attached hydrogens (tertiary/aromatic N) is 2. The first-order valence-electron chi connectivity index (χ1n) is 7.06. The maximum atomic E-state index is 12.5. The maximum absolute atomic E-state index is 12.5. The predicted octanol–water partition coefficient (Wildman–Crippen LogP) is 3.77. The summed E-state index contributed by atoms with van der Waals surface area (Å²) in [6.45, 7) is 1.30. The summed E-state index contributed by atoms with van der Waals surface area (Å²) in [5, 5.41) is 11.4. The van der Waals surface area contributed by atoms with E-state index in [0.29, 0.717) is 22.0 Å². The Kier molecular flexibility index (Phi) is 3.99. The lowest BCUT2D eigenvalue weighted by atomic mass is 9.99. The lowest BCUT2D eigenvalue weighted by Crippen LogP contribution is -2.23. The van der Waals surface area contributed by atoms with Crippen molar-refractivity contribution in [3.63, 3.8) is 0 Å². The third-order valence-corrected chi connectivity index (χ3v) is 3.99. The smallest absolute Gasteiger partial charge is 0.270 e. The van der Waals surface area contributed by atoms with Crippen molar-refractivity contribution >= 4 is 40.3 Å². The third kappa shape index (κ3) is 2.72. The second-order valence-corrected chi connectivity index (χ2v) is 5.81. The molecule has 24 heavy (non-hydrogen) atoms. The van der Waals surface area contributed by atoms with Crippen molar-refractivity contribution in [1.82, 2.24) is 0 Å². The van der Waals surface area contributed by atoms with Gasteiger partial charge < -0.3 is 0 Å². The molecule has 0 fully saturated rings. The van der Waals surface area contributed by atoms with Gasteiger partial charge in [-0.15, -0.1) is 0 Å². The number of nitro groups is 1. The average Bonchev–Trinajstić information content (AvgIpc) is 2.79. The molecule has 1 aliphatic rings. The van der Waals surface area contributed by atoms with E-state index >= 15 is 0 Å². The van der Waals surface area contributed by atoms with Crippen LogP contribution in [0.3, 0.4) is 0 Å². The van der Waals surface area contributed by atoms with Gasteiger partial charge in [-0.3, -0.25) is 24.7 Å². The molecular weight excluding hydrogens is 332 g/mol. The van der Waals surface area contributed by atoms with Crippen molar-refractivity contribution in [2.24, 2.45) is 10.9 Å². The molecule has 7 heteroatoms. The van der Waals surface area contributed by atoms with Crippen molar-refractivity contribution in [2.75, 3.05) is 0 Å². The summed E-state index contributed by atoms with van der Waals surface area (Å²) >= 11 is 5.94. The van der Waals surface area contributed by atoms with Crippen LogP contribution in [-0.4, -0.2) is 22.2 Å². The summed E-state index contributed by atoms with van der Waals surface area (Å²) in [7, 11) is 0. The number of Topliss-reactive ketones (excluding diaryl/α,β-unsaturated/α-hetero) is 2. The Morgan fingerprint density at radius 3 is 2.58 bits per heavy atom. The van der Waals surface area contributed by atoms with Crippen LogP contribution in [-0.2, 0) is 4.79 Å². The van der Waals surface area contributed by atoms with E-state index < -0.39 is 16.6 Å². The largest absolute Gasteiger partial charge is 0.299 e. The van der Waals surface area contributed by atoms with Crippen molar-refractivity contribution in [2.45, 2.75) is 6.92 Å². The lowest BCUT2D eigenvalue weighted by Gasteiger charge is -2.06. The monoisotopic (exact) mass is 342 g/mol. The second-order valence-electron chi connectivity index (χ2n) is 5.37. The molecule has 2 aromatic carbocycles. The molecule has 0 bridgehead atoms. The van der Waals surface area contributed by atoms with E-state index in [4.69, 9.17) is 11.6 Å². The number of hydrogen-bond donors (Lipinski definition) is 0. The highest BCUT2D eigenvalue weighted by molar-refractivity contribution is 6.37. The number of rotatable bonds is 3. The van der Waals surface area contributed by atoms with Crippen LogP contribution in [0, 0.1) is 16.0 Å². The molecule has 0 saturated heterocycles. The maximum Gasteiger partial charge on any atom is 0.270 e. The van der Waals surface area contributed by atoms with Crippen LogP contribution in [0.4, 0.5) is 11.4 Å². The molecule has 0 heterocycles. The number of carbonyl (C=O) groups excluding carboxylic acids is 2. The zero-order valence-corrected chi connectivity index (χ0v) is 13.3. The highest BCUT2D eigenvalue weighted by Crippen LogP contribution is 2.33. The zero-order valence-electron chi connectivity index (χ0n) is 12.5. The molecule has 0 amide bonds. The SMILES string of the molecule is CC(=O)[C@@H]1C(=O)c2cc([N+](=O)[O-])ccc2C1=Nc1cccc(Cl)c1. The standard InChI is InChI=1S/C17H11ClN2O4/c1-9(21)15-16(19-11-4-2-3-10(18)7-11)13-6-5-12(20(23)24)8-14(13)17(15)22/h2-8,15H,1H3/t15-/m0/s1. The Balaban J connectivity index is 2.19. The first-order valence-corrected chi connectivity index (χ1v) is 7.44. The first-order chi connectivity index (χ1) is 11.4. The van der Waals surface area contributed by atoms with Crippen LogP contribution in [0.25, 0.3) is 0 Å². The molecule has 1 atom stereocenters. The summed E-state index contributed by atoms with van der Waals surface area (Å²) < 4.78 is 0. The molecular formula is C17H11ClN2O4. The Morgan fingerprint density at radius 1 is 1.21 bits per heavy atom. The lowest BCUT2D eigenvalue weighted by molar-refractivity contribution is -0.384. The van der Waals surface area contributed by atoms with Crippen LogP contribution < -0.4 is 0 Å². The van der Waals surface area contributed by atoms with E-state index in [1.54, 1.807) is 24.3 Å². The number of fused-ring (bicyclic) bond motifs is 1. The topological polar surface area (TPSA) is 89.6 Å². The van der Waals surface area contributed by atoms with E-state index in [-0.39, 0.29) is 17.0 Å². The van der Waals surface area contributed by atoms with Gasteiger partial charge in [-0.05, 0) is 31.2 Å². The van der Waals surface area contributed by atoms with Crippen LogP contribution >= 0.6 is 11.6 Å². The van der Waals surface area contributed by atoms with Gasteiger partial charge in [0.1, 0.15) is 11.7 Å². The Hall–Kier alpha value is -2.86. The molecule has 120 valence electrons. The first kappa shape index (κ1) is 16.0. The van der Waals surface area contributed by atoms with E-state index in [9.17, 15) is 19.7 Å². The van der Waals surface area contributed by atoms with Crippen molar-refractivity contribution in [3.05, 3.63) is 68.7 Å². The van der Waals surface area contributed by atoms with E-state index in [1.165, 1.54) is 25.1 Å². The van der Waals surface area contributed by atoms with Gasteiger partial charge in [0, 0.05) is 28.3 Å². The number of halogens is 1.